The Bertz CT molecular complexity index is 749. The van der Waals surface area contributed by atoms with Gasteiger partial charge in [0.05, 0.1) is 18.3 Å². The highest BCUT2D eigenvalue weighted by Crippen LogP contribution is 2.35. The Hall–Kier alpha value is -2.46. The number of fused-ring (bicyclic) bond motifs is 1. The first kappa shape index (κ1) is 18.9. The van der Waals surface area contributed by atoms with E-state index in [1.165, 1.54) is 5.56 Å². The molecule has 2 aromatic rings. The predicted octanol–water partition coefficient (Wildman–Crippen LogP) is 5.60. The van der Waals surface area contributed by atoms with Crippen LogP contribution in [-0.2, 0) is 12.1 Å². The van der Waals surface area contributed by atoms with Gasteiger partial charge in [0.2, 0.25) is 0 Å². The fraction of sp³-hybridized carbons (Fsp3) is 0.333. The second kappa shape index (κ2) is 8.08. The normalized spacial score (nSPS) is 13.8. The molecule has 0 fully saturated rings. The van der Waals surface area contributed by atoms with Gasteiger partial charge in [0, 0.05) is 14.5 Å². The van der Waals surface area contributed by atoms with E-state index < -0.39 is 0 Å². The van der Waals surface area contributed by atoms with Crippen molar-refractivity contribution in [3.63, 3.8) is 0 Å². The summed E-state index contributed by atoms with van der Waals surface area (Å²) in [5, 5.41) is 0. The summed E-state index contributed by atoms with van der Waals surface area (Å²) < 4.78 is 11.2. The third-order valence-electron chi connectivity index (χ3n) is 4.09. The van der Waals surface area contributed by atoms with Gasteiger partial charge in [0.1, 0.15) is 18.1 Å². The van der Waals surface area contributed by atoms with Crippen molar-refractivity contribution in [1.82, 2.24) is 5.43 Å². The van der Waals surface area contributed by atoms with E-state index in [0.29, 0.717) is 6.61 Å². The lowest BCUT2D eigenvalue weighted by Crippen LogP contribution is -2.32. The Balaban J connectivity index is 0.00000164. The van der Waals surface area contributed by atoms with Crippen molar-refractivity contribution in [3.8, 4) is 11.5 Å². The minimum absolute atomic E-state index is 0. The molecule has 0 saturated carbocycles. The van der Waals surface area contributed by atoms with Crippen LogP contribution in [0, 0.1) is 0 Å². The molecular weight excluding hydrogens is 312 g/mol. The average molecular weight is 344 g/mol. The maximum Gasteiger partial charge on any atom is 0.126 e. The molecule has 0 unspecified atom stereocenters. The van der Waals surface area contributed by atoms with Crippen LogP contribution in [0.3, 0.4) is 0 Å². The Labute approximate surface area is 153 Å². The van der Waals surface area contributed by atoms with E-state index in [1.54, 1.807) is 13.2 Å². The third-order valence-corrected chi connectivity index (χ3v) is 4.09. The van der Waals surface area contributed by atoms with Crippen LogP contribution in [0.1, 0.15) is 47.2 Å². The summed E-state index contributed by atoms with van der Waals surface area (Å²) in [7, 11) is 1.66. The smallest absolute Gasteiger partial charge is 0.126 e. The highest BCUT2D eigenvalue weighted by Gasteiger charge is 2.29. The van der Waals surface area contributed by atoms with Gasteiger partial charge >= 0.3 is 0 Å². The number of rotatable bonds is 5. The lowest BCUT2D eigenvalue weighted by atomic mass is 9.95. The lowest BCUT2D eigenvalue weighted by Gasteiger charge is -2.17. The first-order valence-corrected chi connectivity index (χ1v) is 8.63. The molecule has 0 bridgehead atoms. The van der Waals surface area contributed by atoms with Gasteiger partial charge in [-0.15, -0.1) is 0 Å². The molecule has 0 spiro atoms. The zero-order valence-corrected chi connectivity index (χ0v) is 15.8. The molecule has 1 aliphatic rings. The third kappa shape index (κ3) is 4.15. The Morgan fingerprint density at radius 1 is 1.16 bits per heavy atom. The molecule has 0 atom stereocenters. The molecule has 0 radical (unpaired) electrons. The summed E-state index contributed by atoms with van der Waals surface area (Å²) in [4.78, 5) is 0. The van der Waals surface area contributed by atoms with Crippen molar-refractivity contribution in [3.05, 3.63) is 59.7 Å². The number of anilines is 1. The van der Waals surface area contributed by atoms with Gasteiger partial charge in [-0.25, -0.2) is 5.43 Å². The van der Waals surface area contributed by atoms with Crippen molar-refractivity contribution >= 4 is 11.8 Å². The summed E-state index contributed by atoms with van der Waals surface area (Å²) in [6.45, 7) is 12.6. The molecule has 0 aliphatic carbocycles. The van der Waals surface area contributed by atoms with E-state index in [9.17, 15) is 0 Å². The van der Waals surface area contributed by atoms with Crippen molar-refractivity contribution < 1.29 is 12.3 Å². The molecule has 0 aromatic heterocycles. The fourth-order valence-electron chi connectivity index (χ4n) is 2.75. The van der Waals surface area contributed by atoms with Crippen LogP contribution >= 0.6 is 0 Å². The molecule has 25 heavy (non-hydrogen) atoms. The maximum atomic E-state index is 5.92. The number of hydrazine groups is 1. The van der Waals surface area contributed by atoms with Crippen LogP contribution in [-0.4, -0.2) is 7.11 Å². The molecule has 0 saturated heterocycles. The van der Waals surface area contributed by atoms with Crippen LogP contribution in [0.2, 0.25) is 0 Å². The van der Waals surface area contributed by atoms with Crippen LogP contribution in [0.5, 0.6) is 11.5 Å². The highest BCUT2D eigenvalue weighted by atomic mass is 16.5. The predicted molar refractivity (Wildman–Crippen MR) is 109 cm³/mol. The molecule has 2 N–H and O–H groups in total. The molecule has 0 amide bonds. The summed E-state index contributed by atoms with van der Waals surface area (Å²) >= 11 is 0. The summed E-state index contributed by atoms with van der Waals surface area (Å²) in [5.74, 6) is 1.66. The van der Waals surface area contributed by atoms with Gasteiger partial charge < -0.3 is 14.9 Å². The molecule has 4 nitrogen and oxygen atoms in total. The van der Waals surface area contributed by atoms with E-state index in [2.05, 4.69) is 37.3 Å². The monoisotopic (exact) mass is 344 g/mol. The number of ether oxygens (including phenoxy) is 2. The fourth-order valence-corrected chi connectivity index (χ4v) is 2.75. The van der Waals surface area contributed by atoms with Crippen molar-refractivity contribution in [2.45, 2.75) is 39.8 Å². The highest BCUT2D eigenvalue weighted by molar-refractivity contribution is 5.61. The number of hydrogen-bond acceptors (Lipinski definition) is 4. The number of methoxy groups -OCH3 is 1. The first-order valence-electron chi connectivity index (χ1n) is 8.63. The lowest BCUT2D eigenvalue weighted by molar-refractivity contribution is 0.306. The molecule has 138 valence electrons. The van der Waals surface area contributed by atoms with Gasteiger partial charge in [-0.2, -0.15) is 0 Å². The summed E-state index contributed by atoms with van der Waals surface area (Å²) in [6.07, 6.45) is 1.79. The van der Waals surface area contributed by atoms with E-state index in [-0.39, 0.29) is 8.39 Å². The number of hydrogen-bond donors (Lipinski definition) is 2. The first-order chi connectivity index (χ1) is 12.0. The molecule has 4 heteroatoms. The zero-order valence-electron chi connectivity index (χ0n) is 15.8. The van der Waals surface area contributed by atoms with Gasteiger partial charge in [0.25, 0.3) is 0 Å². The van der Waals surface area contributed by atoms with Crippen LogP contribution < -0.4 is 20.3 Å². The van der Waals surface area contributed by atoms with E-state index in [0.717, 1.165) is 28.3 Å². The Morgan fingerprint density at radius 3 is 2.60 bits per heavy atom. The van der Waals surface area contributed by atoms with Gasteiger partial charge in [-0.1, -0.05) is 38.6 Å². The minimum atomic E-state index is -0.0668. The average Bonchev–Trinajstić information content (AvgIpc) is 2.95. The SMILES string of the molecule is C=Cc1cc(COc2ccc3c(c2)NNC3(C)C)ccc1OC.CC.[HH].[HH]. The molecular formula is C21H32N2O2. The Kier molecular flexibility index (Phi) is 6.10. The van der Waals surface area contributed by atoms with E-state index in [1.807, 2.05) is 44.2 Å². The van der Waals surface area contributed by atoms with Gasteiger partial charge in [-0.05, 0) is 43.2 Å². The van der Waals surface area contributed by atoms with Crippen LogP contribution in [0.25, 0.3) is 6.08 Å². The molecule has 1 aliphatic heterocycles. The summed E-state index contributed by atoms with van der Waals surface area (Å²) in [5.41, 5.74) is 10.7. The number of benzene rings is 2. The van der Waals surface area contributed by atoms with Crippen molar-refractivity contribution in [1.29, 1.82) is 0 Å². The zero-order chi connectivity index (χ0) is 18.4. The number of nitrogens with one attached hydrogen (secondary N) is 2. The van der Waals surface area contributed by atoms with Gasteiger partial charge in [0.15, 0.2) is 0 Å². The van der Waals surface area contributed by atoms with Crippen LogP contribution in [0.4, 0.5) is 5.69 Å². The van der Waals surface area contributed by atoms with Crippen molar-refractivity contribution in [2.24, 2.45) is 0 Å². The molecule has 2 aromatic carbocycles. The van der Waals surface area contributed by atoms with E-state index in [4.69, 9.17) is 9.47 Å². The quantitative estimate of drug-likeness (QED) is 0.741. The summed E-state index contributed by atoms with van der Waals surface area (Å²) in [6, 6.07) is 12.1. The second-order valence-electron chi connectivity index (χ2n) is 6.15. The van der Waals surface area contributed by atoms with Gasteiger partial charge in [-0.3, -0.25) is 0 Å². The van der Waals surface area contributed by atoms with Crippen LogP contribution in [0.15, 0.2) is 43.0 Å². The standard InChI is InChI=1S/C19H22N2O2.C2H6.2H2/c1-5-14-10-13(6-9-18(14)22-4)12-23-15-7-8-16-17(11-15)20-21-19(16,2)3;1-2;;/h5-11,20-21H,1,12H2,2-4H3;1-2H3;2*1H. The second-order valence-corrected chi connectivity index (χ2v) is 6.15. The Morgan fingerprint density at radius 2 is 1.92 bits per heavy atom. The van der Waals surface area contributed by atoms with E-state index >= 15 is 0 Å². The van der Waals surface area contributed by atoms with Crippen molar-refractivity contribution in [2.75, 3.05) is 12.5 Å². The maximum absolute atomic E-state index is 5.92. The topological polar surface area (TPSA) is 42.5 Å². The largest absolute Gasteiger partial charge is 0.496 e. The minimum Gasteiger partial charge on any atom is -0.496 e. The molecule has 1 heterocycles. The molecule has 3 rings (SSSR count).